The number of carbonyl (C=O) groups excluding carboxylic acids is 3. The number of carbonyl (C=O) groups is 3. The van der Waals surface area contributed by atoms with Crippen molar-refractivity contribution < 1.29 is 24.2 Å². The SMILES string of the molecule is O=C(COC(=O)c1cc2ccccc2cc1O)NC(=O)NCc1ccccc1. The van der Waals surface area contributed by atoms with Gasteiger partial charge in [0.05, 0.1) is 0 Å². The fourth-order valence-electron chi connectivity index (χ4n) is 2.59. The Labute approximate surface area is 160 Å². The molecule has 142 valence electrons. The van der Waals surface area contributed by atoms with Crippen molar-refractivity contribution in [2.45, 2.75) is 6.54 Å². The first-order chi connectivity index (χ1) is 13.5. The van der Waals surface area contributed by atoms with Crippen molar-refractivity contribution >= 4 is 28.7 Å². The Morgan fingerprint density at radius 1 is 0.893 bits per heavy atom. The molecule has 0 aliphatic rings. The molecular weight excluding hydrogens is 360 g/mol. The summed E-state index contributed by atoms with van der Waals surface area (Å²) < 4.78 is 4.89. The van der Waals surface area contributed by atoms with Gasteiger partial charge in [-0.2, -0.15) is 0 Å². The molecule has 3 N–H and O–H groups in total. The Kier molecular flexibility index (Phi) is 5.86. The van der Waals surface area contributed by atoms with Crippen LogP contribution in [-0.4, -0.2) is 29.6 Å². The summed E-state index contributed by atoms with van der Waals surface area (Å²) in [6, 6.07) is 18.6. The van der Waals surface area contributed by atoms with Gasteiger partial charge in [0, 0.05) is 6.54 Å². The summed E-state index contributed by atoms with van der Waals surface area (Å²) in [6.45, 7) is -0.394. The van der Waals surface area contributed by atoms with Crippen LogP contribution in [0.1, 0.15) is 15.9 Å². The molecule has 0 heterocycles. The van der Waals surface area contributed by atoms with E-state index in [9.17, 15) is 19.5 Å². The average molecular weight is 378 g/mol. The van der Waals surface area contributed by atoms with Gasteiger partial charge >= 0.3 is 12.0 Å². The van der Waals surface area contributed by atoms with E-state index in [2.05, 4.69) is 10.6 Å². The van der Waals surface area contributed by atoms with Crippen LogP contribution in [0.5, 0.6) is 5.75 Å². The number of ether oxygens (including phenoxy) is 1. The highest BCUT2D eigenvalue weighted by Gasteiger charge is 2.16. The number of phenols is 1. The number of rotatable bonds is 5. The van der Waals surface area contributed by atoms with Gasteiger partial charge in [-0.25, -0.2) is 9.59 Å². The summed E-state index contributed by atoms with van der Waals surface area (Å²) in [5.41, 5.74) is 0.823. The summed E-state index contributed by atoms with van der Waals surface area (Å²) in [6.07, 6.45) is 0. The number of phenolic OH excluding ortho intramolecular Hbond substituents is 1. The molecular formula is C21H18N2O5. The lowest BCUT2D eigenvalue weighted by Gasteiger charge is -2.09. The predicted octanol–water partition coefficient (Wildman–Crippen LogP) is 2.73. The fraction of sp³-hybridized carbons (Fsp3) is 0.0952. The Bertz CT molecular complexity index is 1020. The smallest absolute Gasteiger partial charge is 0.342 e. The van der Waals surface area contributed by atoms with Crippen LogP contribution in [0.2, 0.25) is 0 Å². The summed E-state index contributed by atoms with van der Waals surface area (Å²) in [4.78, 5) is 35.7. The summed E-state index contributed by atoms with van der Waals surface area (Å²) >= 11 is 0. The molecule has 0 atom stereocenters. The van der Waals surface area contributed by atoms with E-state index < -0.39 is 24.5 Å². The van der Waals surface area contributed by atoms with Crippen LogP contribution in [0, 0.1) is 0 Å². The second-order valence-corrected chi connectivity index (χ2v) is 6.01. The Balaban J connectivity index is 1.50. The van der Waals surface area contributed by atoms with E-state index in [1.54, 1.807) is 18.2 Å². The molecule has 0 unspecified atom stereocenters. The number of urea groups is 1. The molecule has 0 aliphatic heterocycles. The third-order valence-electron chi connectivity index (χ3n) is 3.97. The van der Waals surface area contributed by atoms with Crippen LogP contribution in [0.25, 0.3) is 10.8 Å². The van der Waals surface area contributed by atoms with Crippen molar-refractivity contribution in [3.63, 3.8) is 0 Å². The maximum Gasteiger partial charge on any atom is 0.342 e. The molecule has 0 saturated carbocycles. The highest BCUT2D eigenvalue weighted by molar-refractivity contribution is 6.00. The monoisotopic (exact) mass is 378 g/mol. The first-order valence-corrected chi connectivity index (χ1v) is 8.53. The van der Waals surface area contributed by atoms with Crippen molar-refractivity contribution in [3.05, 3.63) is 77.9 Å². The molecule has 0 spiro atoms. The van der Waals surface area contributed by atoms with Gasteiger partial charge < -0.3 is 15.2 Å². The van der Waals surface area contributed by atoms with E-state index in [1.165, 1.54) is 12.1 Å². The molecule has 7 heteroatoms. The Hall–Kier alpha value is -3.87. The standard InChI is InChI=1S/C21H18N2O5/c24-18-11-16-9-5-4-8-15(16)10-17(18)20(26)28-13-19(25)23-21(27)22-12-14-6-2-1-3-7-14/h1-11,24H,12-13H2,(H2,22,23,25,27). The van der Waals surface area contributed by atoms with E-state index in [-0.39, 0.29) is 17.9 Å². The molecule has 0 aromatic heterocycles. The fourth-order valence-corrected chi connectivity index (χ4v) is 2.59. The zero-order chi connectivity index (χ0) is 19.9. The number of esters is 1. The van der Waals surface area contributed by atoms with Gasteiger partial charge in [-0.3, -0.25) is 10.1 Å². The van der Waals surface area contributed by atoms with Gasteiger partial charge in [-0.15, -0.1) is 0 Å². The van der Waals surface area contributed by atoms with Gasteiger partial charge in [0.1, 0.15) is 11.3 Å². The number of imide groups is 1. The summed E-state index contributed by atoms with van der Waals surface area (Å²) in [5.74, 6) is -1.88. The second-order valence-electron chi connectivity index (χ2n) is 6.01. The molecule has 0 aliphatic carbocycles. The first kappa shape index (κ1) is 18.9. The zero-order valence-corrected chi connectivity index (χ0v) is 14.8. The van der Waals surface area contributed by atoms with Gasteiger partial charge in [-0.1, -0.05) is 54.6 Å². The number of hydrogen-bond donors (Lipinski definition) is 3. The van der Waals surface area contributed by atoms with Gasteiger partial charge in [-0.05, 0) is 28.5 Å². The topological polar surface area (TPSA) is 105 Å². The van der Waals surface area contributed by atoms with E-state index in [0.29, 0.717) is 0 Å². The molecule has 0 fully saturated rings. The Morgan fingerprint density at radius 3 is 2.25 bits per heavy atom. The number of aromatic hydroxyl groups is 1. The van der Waals surface area contributed by atoms with Crippen LogP contribution in [0.3, 0.4) is 0 Å². The molecule has 7 nitrogen and oxygen atoms in total. The summed E-state index contributed by atoms with van der Waals surface area (Å²) in [5, 5.41) is 16.1. The minimum absolute atomic E-state index is 0.0555. The normalized spacial score (nSPS) is 10.3. The molecule has 3 rings (SSSR count). The second kappa shape index (κ2) is 8.68. The first-order valence-electron chi connectivity index (χ1n) is 8.53. The van der Waals surface area contributed by atoms with Crippen molar-refractivity contribution in [2.75, 3.05) is 6.61 Å². The lowest BCUT2D eigenvalue weighted by Crippen LogP contribution is -2.41. The Morgan fingerprint density at radius 2 is 1.54 bits per heavy atom. The highest BCUT2D eigenvalue weighted by Crippen LogP contribution is 2.25. The van der Waals surface area contributed by atoms with E-state index in [0.717, 1.165) is 16.3 Å². The third-order valence-corrected chi connectivity index (χ3v) is 3.97. The van der Waals surface area contributed by atoms with Crippen molar-refractivity contribution in [1.29, 1.82) is 0 Å². The van der Waals surface area contributed by atoms with Crippen LogP contribution >= 0.6 is 0 Å². The predicted molar refractivity (Wildman–Crippen MR) is 103 cm³/mol. The maximum absolute atomic E-state index is 12.1. The highest BCUT2D eigenvalue weighted by atomic mass is 16.5. The third kappa shape index (κ3) is 4.85. The molecule has 3 aromatic rings. The van der Waals surface area contributed by atoms with E-state index >= 15 is 0 Å². The molecule has 0 saturated heterocycles. The molecule has 0 radical (unpaired) electrons. The zero-order valence-electron chi connectivity index (χ0n) is 14.8. The minimum atomic E-state index is -0.858. The van der Waals surface area contributed by atoms with Crippen LogP contribution in [-0.2, 0) is 16.1 Å². The summed E-state index contributed by atoms with van der Waals surface area (Å²) in [7, 11) is 0. The lowest BCUT2D eigenvalue weighted by molar-refractivity contribution is -0.123. The molecule has 0 bridgehead atoms. The quantitative estimate of drug-likeness (QED) is 0.592. The van der Waals surface area contributed by atoms with Gasteiger partial charge in [0.25, 0.3) is 5.91 Å². The van der Waals surface area contributed by atoms with E-state index in [4.69, 9.17) is 4.74 Å². The van der Waals surface area contributed by atoms with Crippen LogP contribution < -0.4 is 10.6 Å². The number of fused-ring (bicyclic) bond motifs is 1. The van der Waals surface area contributed by atoms with E-state index in [1.807, 2.05) is 36.4 Å². The van der Waals surface area contributed by atoms with Crippen LogP contribution in [0.15, 0.2) is 66.7 Å². The number of nitrogens with one attached hydrogen (secondary N) is 2. The number of benzene rings is 3. The van der Waals surface area contributed by atoms with Crippen molar-refractivity contribution in [3.8, 4) is 5.75 Å². The van der Waals surface area contributed by atoms with Crippen molar-refractivity contribution in [1.82, 2.24) is 10.6 Å². The van der Waals surface area contributed by atoms with Crippen molar-refractivity contribution in [2.24, 2.45) is 0 Å². The average Bonchev–Trinajstić information content (AvgIpc) is 2.70. The lowest BCUT2D eigenvalue weighted by atomic mass is 10.1. The molecule has 3 amide bonds. The number of amides is 3. The van der Waals surface area contributed by atoms with Gasteiger partial charge in [0.15, 0.2) is 6.61 Å². The maximum atomic E-state index is 12.1. The minimum Gasteiger partial charge on any atom is -0.507 e. The largest absolute Gasteiger partial charge is 0.507 e. The van der Waals surface area contributed by atoms with Gasteiger partial charge in [0.2, 0.25) is 0 Å². The molecule has 28 heavy (non-hydrogen) atoms. The van der Waals surface area contributed by atoms with Crippen LogP contribution in [0.4, 0.5) is 4.79 Å². The number of hydrogen-bond acceptors (Lipinski definition) is 5. The molecule has 3 aromatic carbocycles.